The summed E-state index contributed by atoms with van der Waals surface area (Å²) < 4.78 is 21.4. The molecule has 0 spiro atoms. The summed E-state index contributed by atoms with van der Waals surface area (Å²) in [5.74, 6) is 1.63. The van der Waals surface area contributed by atoms with Gasteiger partial charge >= 0.3 is 21.1 Å². The smallest absolute Gasteiger partial charge is 0.513 e. The van der Waals surface area contributed by atoms with E-state index in [2.05, 4.69) is 23.3 Å². The number of rotatable bonds is 6. The maximum absolute atomic E-state index is 6.75. The van der Waals surface area contributed by atoms with Crippen LogP contribution in [0.25, 0.3) is 55.1 Å². The van der Waals surface area contributed by atoms with E-state index in [4.69, 9.17) is 18.6 Å². The van der Waals surface area contributed by atoms with Crippen LogP contribution in [0.15, 0.2) is 136 Å². The molecular weight excluding hydrogens is 768 g/mol. The molecule has 9 aromatic rings. The number of furan rings is 2. The third-order valence-corrected chi connectivity index (χ3v) is 8.06. The van der Waals surface area contributed by atoms with Crippen LogP contribution < -0.4 is 9.64 Å². The van der Waals surface area contributed by atoms with E-state index in [1.54, 1.807) is 10.9 Å². The van der Waals surface area contributed by atoms with Crippen molar-refractivity contribution >= 4 is 61.1 Å². The number of fused-ring (bicyclic) bond motifs is 6. The molecule has 0 fully saturated rings. The first-order valence-electron chi connectivity index (χ1n) is 14.9. The zero-order chi connectivity index (χ0) is 30.6. The summed E-state index contributed by atoms with van der Waals surface area (Å²) in [6.07, 6.45) is 3.69. The molecule has 0 aliphatic carbocycles. The van der Waals surface area contributed by atoms with Crippen LogP contribution in [0.3, 0.4) is 0 Å². The van der Waals surface area contributed by atoms with E-state index in [1.807, 2.05) is 127 Å². The maximum Gasteiger partial charge on any atom is 2.00 e. The average molecular weight is 792 g/mol. The molecule has 0 saturated heterocycles. The quantitative estimate of drug-likeness (QED) is 0.156. The Labute approximate surface area is 283 Å². The molecule has 0 atom stereocenters. The fraction of sp³-hybridized carbons (Fsp3) is 0.0256. The Morgan fingerprint density at radius 1 is 0.702 bits per heavy atom. The number of benzene rings is 5. The molecule has 8 heteroatoms. The number of nitrogens with zero attached hydrogens (tertiary/aromatic N) is 4. The number of anilines is 3. The molecule has 4 aromatic heterocycles. The third-order valence-electron chi connectivity index (χ3n) is 8.06. The predicted molar refractivity (Wildman–Crippen MR) is 180 cm³/mol. The van der Waals surface area contributed by atoms with E-state index in [-0.39, 0.29) is 21.1 Å². The molecule has 7 nitrogen and oxygen atoms in total. The number of pyridine rings is 1. The second-order valence-corrected chi connectivity index (χ2v) is 11.0. The number of aromatic nitrogens is 3. The van der Waals surface area contributed by atoms with Crippen molar-refractivity contribution in [1.29, 1.82) is 0 Å². The van der Waals surface area contributed by atoms with Gasteiger partial charge in [-0.1, -0.05) is 83.6 Å². The molecule has 0 amide bonds. The van der Waals surface area contributed by atoms with Crippen molar-refractivity contribution in [3.63, 3.8) is 0 Å². The van der Waals surface area contributed by atoms with Gasteiger partial charge < -0.3 is 18.5 Å². The van der Waals surface area contributed by atoms with Crippen LogP contribution in [0, 0.1) is 12.1 Å². The van der Waals surface area contributed by atoms with Gasteiger partial charge in [0.25, 0.3) is 0 Å². The Hall–Kier alpha value is -5.65. The summed E-state index contributed by atoms with van der Waals surface area (Å²) in [6.45, 7) is 0. The Bertz CT molecular complexity index is 2500. The van der Waals surface area contributed by atoms with Crippen LogP contribution >= 0.6 is 0 Å². The fourth-order valence-electron chi connectivity index (χ4n) is 5.99. The second kappa shape index (κ2) is 11.6. The summed E-state index contributed by atoms with van der Waals surface area (Å²) in [5, 5.41) is 8.39. The van der Waals surface area contributed by atoms with Gasteiger partial charge in [-0.2, -0.15) is 0 Å². The standard InChI is InChI=1S/C39H24N4O3.Pt/c1-42-20-18-32(41-42)25-21-30-28-13-5-8-16-35(28)46-39(30)36(22-25)44-27-23-31-29-14-6-7-15-34(29)45-38(31)33(24-27)43(26-11-3-2-4-12-26)37-17-9-10-19-40-37;/h2-21,23H,1H3;/q-2;+2. The SMILES string of the molecule is Cn1ccc(-c2[c-]c(Oc3[c-]c(N(c4ccccc4)c4ccccn4)c4oc5ccccc5c4c3)c3oc4ccccc4c3c2)n1.[Pt+2]. The number of hydrogen-bond donors (Lipinski definition) is 0. The van der Waals surface area contributed by atoms with Crippen LogP contribution in [0.1, 0.15) is 0 Å². The topological polar surface area (TPSA) is 69.5 Å². The van der Waals surface area contributed by atoms with Crippen molar-refractivity contribution in [3.05, 3.63) is 140 Å². The number of hydrogen-bond acceptors (Lipinski definition) is 6. The minimum Gasteiger partial charge on any atom is -0.513 e. The van der Waals surface area contributed by atoms with E-state index >= 15 is 0 Å². The van der Waals surface area contributed by atoms with Gasteiger partial charge in [-0.15, -0.1) is 23.8 Å². The van der Waals surface area contributed by atoms with Crippen molar-refractivity contribution < 1.29 is 34.6 Å². The van der Waals surface area contributed by atoms with Crippen LogP contribution in [0.4, 0.5) is 17.2 Å². The van der Waals surface area contributed by atoms with Crippen LogP contribution in [0.5, 0.6) is 11.5 Å². The van der Waals surface area contributed by atoms with E-state index in [0.29, 0.717) is 34.2 Å². The molecule has 0 aliphatic heterocycles. The van der Waals surface area contributed by atoms with Crippen molar-refractivity contribution in [2.24, 2.45) is 7.05 Å². The number of para-hydroxylation sites is 3. The molecule has 5 aromatic carbocycles. The average Bonchev–Trinajstić information content (AvgIpc) is 3.81. The normalized spacial score (nSPS) is 11.3. The zero-order valence-electron chi connectivity index (χ0n) is 25.0. The molecule has 228 valence electrons. The molecule has 0 unspecified atom stereocenters. The van der Waals surface area contributed by atoms with Crippen molar-refractivity contribution in [2.75, 3.05) is 4.90 Å². The summed E-state index contributed by atoms with van der Waals surface area (Å²) in [6, 6.07) is 44.8. The minimum atomic E-state index is 0. The van der Waals surface area contributed by atoms with Gasteiger partial charge in [0.1, 0.15) is 17.0 Å². The monoisotopic (exact) mass is 791 g/mol. The molecule has 0 saturated carbocycles. The number of aryl methyl sites for hydroxylation is 1. The first-order valence-corrected chi connectivity index (χ1v) is 14.9. The Morgan fingerprint density at radius 2 is 1.38 bits per heavy atom. The van der Waals surface area contributed by atoms with Crippen LogP contribution in [0.2, 0.25) is 0 Å². The van der Waals surface area contributed by atoms with Crippen molar-refractivity contribution in [2.45, 2.75) is 0 Å². The van der Waals surface area contributed by atoms with Crippen LogP contribution in [-0.4, -0.2) is 14.8 Å². The van der Waals surface area contributed by atoms with E-state index in [1.165, 1.54) is 0 Å². The van der Waals surface area contributed by atoms with Gasteiger partial charge in [0.05, 0.1) is 11.3 Å². The predicted octanol–water partition coefficient (Wildman–Crippen LogP) is 10.1. The summed E-state index contributed by atoms with van der Waals surface area (Å²) >= 11 is 0. The molecule has 0 bridgehead atoms. The molecule has 4 heterocycles. The maximum atomic E-state index is 6.75. The largest absolute Gasteiger partial charge is 2.00 e. The summed E-state index contributed by atoms with van der Waals surface area (Å²) in [4.78, 5) is 6.74. The van der Waals surface area contributed by atoms with E-state index < -0.39 is 0 Å². The molecule has 9 rings (SSSR count). The molecule has 0 radical (unpaired) electrons. The fourth-order valence-corrected chi connectivity index (χ4v) is 5.99. The first-order chi connectivity index (χ1) is 22.7. The minimum absolute atomic E-state index is 0. The Kier molecular flexibility index (Phi) is 7.11. The molecule has 0 aliphatic rings. The summed E-state index contributed by atoms with van der Waals surface area (Å²) in [7, 11) is 1.90. The van der Waals surface area contributed by atoms with Crippen molar-refractivity contribution in [3.8, 4) is 22.8 Å². The van der Waals surface area contributed by atoms with E-state index in [0.717, 1.165) is 49.7 Å². The van der Waals surface area contributed by atoms with Gasteiger partial charge in [0, 0.05) is 52.9 Å². The third kappa shape index (κ3) is 4.96. The molecular formula is C39H24N4O3Pt. The van der Waals surface area contributed by atoms with Gasteiger partial charge in [-0.25, -0.2) is 10.1 Å². The first kappa shape index (κ1) is 28.8. The Morgan fingerprint density at radius 3 is 2.09 bits per heavy atom. The van der Waals surface area contributed by atoms with E-state index in [9.17, 15) is 0 Å². The van der Waals surface area contributed by atoms with Gasteiger partial charge in [0.15, 0.2) is 0 Å². The second-order valence-electron chi connectivity index (χ2n) is 11.0. The van der Waals surface area contributed by atoms with Crippen molar-refractivity contribution in [1.82, 2.24) is 14.8 Å². The van der Waals surface area contributed by atoms with Crippen LogP contribution in [-0.2, 0) is 28.1 Å². The Balaban J connectivity index is 0.00000324. The number of ether oxygens (including phenoxy) is 1. The van der Waals surface area contributed by atoms with Gasteiger partial charge in [0.2, 0.25) is 0 Å². The molecule has 47 heavy (non-hydrogen) atoms. The zero-order valence-corrected chi connectivity index (χ0v) is 27.2. The van der Waals surface area contributed by atoms with Gasteiger partial charge in [-0.05, 0) is 42.1 Å². The molecule has 0 N–H and O–H groups in total. The summed E-state index contributed by atoms with van der Waals surface area (Å²) in [5.41, 5.74) is 5.94. The van der Waals surface area contributed by atoms with Gasteiger partial charge in [-0.3, -0.25) is 4.68 Å².